The van der Waals surface area contributed by atoms with Crippen LogP contribution in [0.1, 0.15) is 19.8 Å². The van der Waals surface area contributed by atoms with Crippen LogP contribution in [0.4, 0.5) is 5.69 Å². The number of carbonyl (C=O) groups is 1. The fourth-order valence-corrected chi connectivity index (χ4v) is 2.26. The lowest BCUT2D eigenvalue weighted by Gasteiger charge is -2.40. The molecule has 0 atom stereocenters. The number of carboxylic acid groups (broad SMARTS) is 1. The zero-order valence-electron chi connectivity index (χ0n) is 10.8. The van der Waals surface area contributed by atoms with E-state index in [4.69, 9.17) is 9.84 Å². The number of anilines is 1. The molecule has 0 aromatic heterocycles. The van der Waals surface area contributed by atoms with Gasteiger partial charge >= 0.3 is 5.97 Å². The molecule has 98 valence electrons. The Morgan fingerprint density at radius 2 is 2.00 bits per heavy atom. The van der Waals surface area contributed by atoms with E-state index in [0.717, 1.165) is 24.3 Å². The first-order valence-corrected chi connectivity index (χ1v) is 6.30. The van der Waals surface area contributed by atoms with E-state index in [9.17, 15) is 4.79 Å². The molecule has 0 bridgehead atoms. The number of benzene rings is 1. The largest absolute Gasteiger partial charge is 0.494 e. The first-order chi connectivity index (χ1) is 8.61. The van der Waals surface area contributed by atoms with E-state index >= 15 is 0 Å². The topological polar surface area (TPSA) is 49.8 Å². The molecule has 1 fully saturated rings. The Balaban J connectivity index is 1.93. The van der Waals surface area contributed by atoms with Crippen molar-refractivity contribution in [1.82, 2.24) is 0 Å². The molecule has 1 N–H and O–H groups in total. The van der Waals surface area contributed by atoms with Crippen LogP contribution in [0.3, 0.4) is 0 Å². The van der Waals surface area contributed by atoms with Crippen molar-refractivity contribution in [2.45, 2.75) is 25.8 Å². The lowest BCUT2D eigenvalue weighted by Crippen LogP contribution is -2.45. The average molecular weight is 249 g/mol. The first kappa shape index (κ1) is 12.7. The lowest BCUT2D eigenvalue weighted by molar-refractivity contribution is -0.145. The molecular weight excluding hydrogens is 230 g/mol. The Morgan fingerprint density at radius 3 is 2.50 bits per heavy atom. The summed E-state index contributed by atoms with van der Waals surface area (Å²) in [6.45, 7) is 2.62. The fraction of sp³-hybridized carbons (Fsp3) is 0.500. The maximum Gasteiger partial charge on any atom is 0.306 e. The van der Waals surface area contributed by atoms with Crippen molar-refractivity contribution >= 4 is 11.7 Å². The van der Waals surface area contributed by atoms with Gasteiger partial charge in [0.2, 0.25) is 0 Å². The van der Waals surface area contributed by atoms with Gasteiger partial charge < -0.3 is 14.7 Å². The Hall–Kier alpha value is -1.71. The van der Waals surface area contributed by atoms with Gasteiger partial charge in [-0.25, -0.2) is 0 Å². The van der Waals surface area contributed by atoms with Crippen molar-refractivity contribution in [2.75, 3.05) is 18.6 Å². The Labute approximate surface area is 107 Å². The van der Waals surface area contributed by atoms with Gasteiger partial charge in [0.05, 0.1) is 12.5 Å². The van der Waals surface area contributed by atoms with Crippen molar-refractivity contribution in [3.63, 3.8) is 0 Å². The zero-order chi connectivity index (χ0) is 13.1. The molecule has 0 unspecified atom stereocenters. The summed E-state index contributed by atoms with van der Waals surface area (Å²) >= 11 is 0. The quantitative estimate of drug-likeness (QED) is 0.870. The van der Waals surface area contributed by atoms with Crippen LogP contribution in [-0.2, 0) is 4.79 Å². The summed E-state index contributed by atoms with van der Waals surface area (Å²) < 4.78 is 5.39. The molecule has 1 aliphatic rings. The van der Waals surface area contributed by atoms with E-state index in [2.05, 4.69) is 4.90 Å². The van der Waals surface area contributed by atoms with Crippen LogP contribution in [0.5, 0.6) is 5.75 Å². The predicted molar refractivity (Wildman–Crippen MR) is 70.2 cm³/mol. The molecule has 0 saturated heterocycles. The number of hydrogen-bond donors (Lipinski definition) is 1. The monoisotopic (exact) mass is 249 g/mol. The minimum atomic E-state index is -0.675. The highest BCUT2D eigenvalue weighted by molar-refractivity contribution is 5.71. The highest BCUT2D eigenvalue weighted by atomic mass is 16.5. The highest BCUT2D eigenvalue weighted by Crippen LogP contribution is 2.34. The van der Waals surface area contributed by atoms with E-state index in [1.807, 2.05) is 38.2 Å². The molecule has 2 rings (SSSR count). The van der Waals surface area contributed by atoms with Crippen LogP contribution in [0.2, 0.25) is 0 Å². The molecule has 0 radical (unpaired) electrons. The predicted octanol–water partition coefficient (Wildman–Crippen LogP) is 2.38. The van der Waals surface area contributed by atoms with Gasteiger partial charge in [0.1, 0.15) is 5.75 Å². The number of nitrogens with zero attached hydrogens (tertiary/aromatic N) is 1. The summed E-state index contributed by atoms with van der Waals surface area (Å²) in [6, 6.07) is 8.26. The maximum atomic E-state index is 10.8. The first-order valence-electron chi connectivity index (χ1n) is 6.30. The molecule has 0 heterocycles. The van der Waals surface area contributed by atoms with Crippen LogP contribution < -0.4 is 9.64 Å². The summed E-state index contributed by atoms with van der Waals surface area (Å²) in [4.78, 5) is 12.9. The summed E-state index contributed by atoms with van der Waals surface area (Å²) in [6.07, 6.45) is 1.47. The van der Waals surface area contributed by atoms with Gasteiger partial charge in [-0.2, -0.15) is 0 Å². The maximum absolute atomic E-state index is 10.8. The number of carboxylic acids is 1. The molecule has 1 aliphatic carbocycles. The summed E-state index contributed by atoms with van der Waals surface area (Å²) in [5.41, 5.74) is 1.10. The van der Waals surface area contributed by atoms with Gasteiger partial charge in [-0.05, 0) is 44.0 Å². The Kier molecular flexibility index (Phi) is 3.75. The summed E-state index contributed by atoms with van der Waals surface area (Å²) in [7, 11) is 2.01. The van der Waals surface area contributed by atoms with Crippen molar-refractivity contribution in [1.29, 1.82) is 0 Å². The number of rotatable bonds is 5. The molecule has 18 heavy (non-hydrogen) atoms. The molecule has 1 aromatic carbocycles. The van der Waals surface area contributed by atoms with Crippen LogP contribution in [0.25, 0.3) is 0 Å². The van der Waals surface area contributed by atoms with Crippen molar-refractivity contribution in [3.8, 4) is 5.75 Å². The van der Waals surface area contributed by atoms with Gasteiger partial charge in [0, 0.05) is 18.8 Å². The van der Waals surface area contributed by atoms with Crippen LogP contribution in [0.15, 0.2) is 24.3 Å². The second-order valence-electron chi connectivity index (χ2n) is 4.70. The molecular formula is C14H19NO3. The molecule has 1 aromatic rings. The third-order valence-electron chi connectivity index (χ3n) is 3.57. The average Bonchev–Trinajstić information content (AvgIpc) is 2.27. The number of ether oxygens (including phenoxy) is 1. The molecule has 0 amide bonds. The van der Waals surface area contributed by atoms with E-state index in [0.29, 0.717) is 12.6 Å². The smallest absolute Gasteiger partial charge is 0.306 e. The number of hydrogen-bond acceptors (Lipinski definition) is 3. The SMILES string of the molecule is CCOc1ccc(N(C)C2CC(C(=O)O)C2)cc1. The molecule has 4 heteroatoms. The molecule has 0 aliphatic heterocycles. The van der Waals surface area contributed by atoms with Gasteiger partial charge in [-0.1, -0.05) is 0 Å². The van der Waals surface area contributed by atoms with E-state index in [1.165, 1.54) is 0 Å². The van der Waals surface area contributed by atoms with Crippen LogP contribution in [0, 0.1) is 5.92 Å². The van der Waals surface area contributed by atoms with Crippen LogP contribution >= 0.6 is 0 Å². The van der Waals surface area contributed by atoms with Gasteiger partial charge in [0.15, 0.2) is 0 Å². The fourth-order valence-electron chi connectivity index (χ4n) is 2.26. The van der Waals surface area contributed by atoms with Gasteiger partial charge in [-0.15, -0.1) is 0 Å². The van der Waals surface area contributed by atoms with Crippen LogP contribution in [-0.4, -0.2) is 30.8 Å². The molecule has 4 nitrogen and oxygen atoms in total. The van der Waals surface area contributed by atoms with Crippen molar-refractivity contribution in [3.05, 3.63) is 24.3 Å². The standard InChI is InChI=1S/C14H19NO3/c1-3-18-13-6-4-11(5-7-13)15(2)12-8-10(9-12)14(16)17/h4-7,10,12H,3,8-9H2,1-2H3,(H,16,17). The zero-order valence-corrected chi connectivity index (χ0v) is 10.8. The van der Waals surface area contributed by atoms with E-state index in [1.54, 1.807) is 0 Å². The Bertz CT molecular complexity index is 410. The van der Waals surface area contributed by atoms with Crippen molar-refractivity contribution < 1.29 is 14.6 Å². The van der Waals surface area contributed by atoms with Crippen molar-refractivity contribution in [2.24, 2.45) is 5.92 Å². The summed E-state index contributed by atoms with van der Waals surface area (Å²) in [5.74, 6) is 0.0261. The normalized spacial score (nSPS) is 22.1. The summed E-state index contributed by atoms with van der Waals surface area (Å²) in [5, 5.41) is 8.86. The second kappa shape index (κ2) is 5.29. The minimum absolute atomic E-state index is 0.167. The highest BCUT2D eigenvalue weighted by Gasteiger charge is 2.36. The molecule has 0 spiro atoms. The van der Waals surface area contributed by atoms with E-state index in [-0.39, 0.29) is 5.92 Å². The van der Waals surface area contributed by atoms with Gasteiger partial charge in [0.25, 0.3) is 0 Å². The second-order valence-corrected chi connectivity index (χ2v) is 4.70. The third-order valence-corrected chi connectivity index (χ3v) is 3.57. The number of aliphatic carboxylic acids is 1. The Morgan fingerprint density at radius 1 is 1.39 bits per heavy atom. The third kappa shape index (κ3) is 2.58. The van der Waals surface area contributed by atoms with E-state index < -0.39 is 5.97 Å². The molecule has 1 saturated carbocycles. The van der Waals surface area contributed by atoms with Gasteiger partial charge in [-0.3, -0.25) is 4.79 Å². The lowest BCUT2D eigenvalue weighted by atomic mass is 9.79. The minimum Gasteiger partial charge on any atom is -0.494 e.